The number of pyridine rings is 1. The predicted octanol–water partition coefficient (Wildman–Crippen LogP) is 3.79. The maximum Gasteiger partial charge on any atom is 0.416 e. The first kappa shape index (κ1) is 21.8. The Morgan fingerprint density at radius 2 is 1.71 bits per heavy atom. The fourth-order valence-corrected chi connectivity index (χ4v) is 2.99. The second kappa shape index (κ2) is 8.47. The van der Waals surface area contributed by atoms with Gasteiger partial charge in [0.2, 0.25) is 0 Å². The number of carboxylic acids is 1. The van der Waals surface area contributed by atoms with Crippen molar-refractivity contribution < 1.29 is 27.9 Å². The van der Waals surface area contributed by atoms with Crippen molar-refractivity contribution in [3.63, 3.8) is 0 Å². The van der Waals surface area contributed by atoms with Crippen LogP contribution < -0.4 is 10.9 Å². The molecule has 0 saturated carbocycles. The summed E-state index contributed by atoms with van der Waals surface area (Å²) in [6.07, 6.45) is -4.57. The van der Waals surface area contributed by atoms with E-state index in [4.69, 9.17) is 5.11 Å². The number of aromatic carboxylic acids is 1. The maximum absolute atomic E-state index is 13.0. The fraction of sp³-hybridized carbons (Fsp3) is 0.136. The largest absolute Gasteiger partial charge is 0.478 e. The molecule has 9 heteroatoms. The molecule has 0 bridgehead atoms. The number of halogens is 3. The number of nitrogens with zero attached hydrogens (tertiary/aromatic N) is 1. The van der Waals surface area contributed by atoms with Gasteiger partial charge in [-0.2, -0.15) is 13.2 Å². The molecule has 6 nitrogen and oxygen atoms in total. The van der Waals surface area contributed by atoms with Crippen molar-refractivity contribution in [2.24, 2.45) is 0 Å². The molecule has 3 rings (SSSR count). The normalized spacial score (nSPS) is 11.2. The molecule has 1 amide bonds. The van der Waals surface area contributed by atoms with Gasteiger partial charge >= 0.3 is 12.1 Å². The number of carboxylic acid groups (broad SMARTS) is 1. The van der Waals surface area contributed by atoms with E-state index in [0.29, 0.717) is 11.3 Å². The van der Waals surface area contributed by atoms with Crippen LogP contribution in [0.25, 0.3) is 5.69 Å². The number of aryl methyl sites for hydroxylation is 1. The van der Waals surface area contributed by atoms with Gasteiger partial charge in [-0.1, -0.05) is 18.2 Å². The van der Waals surface area contributed by atoms with E-state index >= 15 is 0 Å². The molecular weight excluding hydrogens is 413 g/mol. The Kier molecular flexibility index (Phi) is 5.96. The summed E-state index contributed by atoms with van der Waals surface area (Å²) in [5.41, 5.74) is -0.818. The van der Waals surface area contributed by atoms with Crippen molar-refractivity contribution in [3.05, 3.63) is 99.0 Å². The Labute approximate surface area is 174 Å². The number of nitrogens with one attached hydrogen (secondary N) is 1. The van der Waals surface area contributed by atoms with Gasteiger partial charge in [0.15, 0.2) is 0 Å². The lowest BCUT2D eigenvalue weighted by Gasteiger charge is -2.14. The van der Waals surface area contributed by atoms with Crippen molar-refractivity contribution in [1.29, 1.82) is 0 Å². The summed E-state index contributed by atoms with van der Waals surface area (Å²) in [7, 11) is 0. The molecule has 0 unspecified atom stereocenters. The maximum atomic E-state index is 13.0. The number of rotatable bonds is 5. The zero-order chi connectivity index (χ0) is 22.8. The number of benzene rings is 2. The number of aromatic nitrogens is 1. The van der Waals surface area contributed by atoms with Crippen molar-refractivity contribution in [1.82, 2.24) is 9.88 Å². The summed E-state index contributed by atoms with van der Waals surface area (Å²) in [6.45, 7) is 1.59. The molecule has 3 aromatic rings. The molecule has 31 heavy (non-hydrogen) atoms. The van der Waals surface area contributed by atoms with Crippen LogP contribution in [0.5, 0.6) is 0 Å². The van der Waals surface area contributed by atoms with E-state index in [1.54, 1.807) is 6.92 Å². The van der Waals surface area contributed by atoms with Crippen LogP contribution in [0.15, 0.2) is 65.5 Å². The third-order valence-electron chi connectivity index (χ3n) is 4.61. The number of alkyl halides is 3. The Hall–Kier alpha value is -3.88. The molecule has 2 aromatic carbocycles. The van der Waals surface area contributed by atoms with E-state index in [0.717, 1.165) is 16.7 Å². The molecule has 0 aliphatic rings. The molecule has 0 aliphatic carbocycles. The van der Waals surface area contributed by atoms with Gasteiger partial charge in [0.05, 0.1) is 11.1 Å². The lowest BCUT2D eigenvalue weighted by molar-refractivity contribution is -0.137. The Bertz CT molecular complexity index is 1200. The van der Waals surface area contributed by atoms with E-state index in [2.05, 4.69) is 5.32 Å². The molecule has 160 valence electrons. The van der Waals surface area contributed by atoms with Gasteiger partial charge in [0.25, 0.3) is 11.5 Å². The number of carbonyl (C=O) groups excluding carboxylic acids is 1. The van der Waals surface area contributed by atoms with Gasteiger partial charge in [-0.15, -0.1) is 0 Å². The Morgan fingerprint density at radius 1 is 1.03 bits per heavy atom. The molecule has 0 aliphatic heterocycles. The van der Waals surface area contributed by atoms with E-state index < -0.39 is 29.2 Å². The first-order valence-electron chi connectivity index (χ1n) is 9.08. The lowest BCUT2D eigenvalue weighted by Crippen LogP contribution is -2.33. The summed E-state index contributed by atoms with van der Waals surface area (Å²) in [5, 5.41) is 11.5. The van der Waals surface area contributed by atoms with E-state index in [-0.39, 0.29) is 23.4 Å². The van der Waals surface area contributed by atoms with Crippen LogP contribution in [-0.4, -0.2) is 21.6 Å². The number of hydrogen-bond acceptors (Lipinski definition) is 3. The van der Waals surface area contributed by atoms with Crippen LogP contribution in [0.4, 0.5) is 13.2 Å². The zero-order valence-electron chi connectivity index (χ0n) is 16.2. The minimum atomic E-state index is -4.57. The van der Waals surface area contributed by atoms with Gasteiger partial charge < -0.3 is 10.4 Å². The average Bonchev–Trinajstić information content (AvgIpc) is 2.72. The summed E-state index contributed by atoms with van der Waals surface area (Å²) in [5.74, 6) is -1.78. The minimum Gasteiger partial charge on any atom is -0.478 e. The molecule has 0 spiro atoms. The van der Waals surface area contributed by atoms with Crippen LogP contribution in [-0.2, 0) is 12.7 Å². The summed E-state index contributed by atoms with van der Waals surface area (Å²) >= 11 is 0. The first-order chi connectivity index (χ1) is 14.6. The quantitative estimate of drug-likeness (QED) is 0.645. The van der Waals surface area contributed by atoms with Gasteiger partial charge in [-0.05, 0) is 55.0 Å². The second-order valence-corrected chi connectivity index (χ2v) is 6.76. The highest BCUT2D eigenvalue weighted by atomic mass is 19.4. The molecular formula is C22H17F3N2O4. The Balaban J connectivity index is 1.87. The van der Waals surface area contributed by atoms with Crippen LogP contribution in [0.3, 0.4) is 0 Å². The summed E-state index contributed by atoms with van der Waals surface area (Å²) < 4.78 is 40.2. The highest BCUT2D eigenvalue weighted by Gasteiger charge is 2.30. The van der Waals surface area contributed by atoms with Gasteiger partial charge in [0, 0.05) is 17.9 Å². The van der Waals surface area contributed by atoms with Crippen molar-refractivity contribution in [2.75, 3.05) is 0 Å². The number of amides is 1. The monoisotopic (exact) mass is 430 g/mol. The minimum absolute atomic E-state index is 0.00349. The van der Waals surface area contributed by atoms with Gasteiger partial charge in [0.1, 0.15) is 5.56 Å². The molecule has 1 heterocycles. The average molecular weight is 430 g/mol. The summed E-state index contributed by atoms with van der Waals surface area (Å²) in [6, 6.07) is 12.9. The molecule has 0 atom stereocenters. The van der Waals surface area contributed by atoms with Gasteiger partial charge in [-0.3, -0.25) is 14.2 Å². The summed E-state index contributed by atoms with van der Waals surface area (Å²) in [4.78, 5) is 36.3. The third-order valence-corrected chi connectivity index (χ3v) is 4.61. The zero-order valence-corrected chi connectivity index (χ0v) is 16.2. The van der Waals surface area contributed by atoms with Crippen LogP contribution in [0, 0.1) is 6.92 Å². The van der Waals surface area contributed by atoms with Crippen molar-refractivity contribution in [2.45, 2.75) is 19.6 Å². The topological polar surface area (TPSA) is 88.4 Å². The van der Waals surface area contributed by atoms with Crippen molar-refractivity contribution >= 4 is 11.9 Å². The number of carbonyl (C=O) groups is 2. The van der Waals surface area contributed by atoms with Crippen LogP contribution >= 0.6 is 0 Å². The predicted molar refractivity (Wildman–Crippen MR) is 106 cm³/mol. The SMILES string of the molecule is Cc1ccc(C(=O)NCc2ccc(C(=O)O)cc2)c(=O)n1-c1cccc(C(F)(F)F)c1. The van der Waals surface area contributed by atoms with Crippen molar-refractivity contribution in [3.8, 4) is 5.69 Å². The van der Waals surface area contributed by atoms with E-state index in [9.17, 15) is 27.6 Å². The van der Waals surface area contributed by atoms with Gasteiger partial charge in [-0.25, -0.2) is 4.79 Å². The lowest BCUT2D eigenvalue weighted by atomic mass is 10.1. The molecule has 0 fully saturated rings. The van der Waals surface area contributed by atoms with Crippen LogP contribution in [0.1, 0.15) is 37.5 Å². The molecule has 2 N–H and O–H groups in total. The van der Waals surface area contributed by atoms with E-state index in [1.807, 2.05) is 0 Å². The van der Waals surface area contributed by atoms with E-state index in [1.165, 1.54) is 48.5 Å². The fourth-order valence-electron chi connectivity index (χ4n) is 2.99. The molecule has 1 aromatic heterocycles. The highest BCUT2D eigenvalue weighted by Crippen LogP contribution is 2.30. The highest BCUT2D eigenvalue weighted by molar-refractivity contribution is 5.94. The standard InChI is InChI=1S/C22H17F3N2O4/c1-13-5-10-18(19(28)26-12-14-6-8-15(9-7-14)21(30)31)20(29)27(13)17-4-2-3-16(11-17)22(23,24)25/h2-11H,12H2,1H3,(H,26,28)(H,30,31). The second-order valence-electron chi connectivity index (χ2n) is 6.76. The van der Waals surface area contributed by atoms with Crippen LogP contribution in [0.2, 0.25) is 0 Å². The first-order valence-corrected chi connectivity index (χ1v) is 9.08. The smallest absolute Gasteiger partial charge is 0.416 e. The third kappa shape index (κ3) is 4.82. The molecule has 0 radical (unpaired) electrons. The Morgan fingerprint density at radius 3 is 2.32 bits per heavy atom. The molecule has 0 saturated heterocycles. The number of hydrogen-bond donors (Lipinski definition) is 2.